The molecular weight excluding hydrogens is 296 g/mol. The Hall–Kier alpha value is -2.37. The first-order chi connectivity index (χ1) is 11.0. The lowest BCUT2D eigenvalue weighted by Crippen LogP contribution is -2.42. The minimum Gasteiger partial charge on any atom is -0.478 e. The Balaban J connectivity index is 1.88. The number of amides is 2. The minimum atomic E-state index is -1.01. The van der Waals surface area contributed by atoms with Gasteiger partial charge in [-0.3, -0.25) is 9.59 Å². The van der Waals surface area contributed by atoms with Crippen LogP contribution in [0.15, 0.2) is 24.3 Å². The van der Waals surface area contributed by atoms with E-state index in [1.807, 2.05) is 0 Å². The summed E-state index contributed by atoms with van der Waals surface area (Å²) in [6.45, 7) is 3.45. The Kier molecular flexibility index (Phi) is 5.73. The third-order valence-corrected chi connectivity index (χ3v) is 4.20. The van der Waals surface area contributed by atoms with Crippen LogP contribution in [0, 0.1) is 5.92 Å². The third-order valence-electron chi connectivity index (χ3n) is 4.20. The molecule has 1 aliphatic heterocycles. The van der Waals surface area contributed by atoms with Crippen LogP contribution in [-0.4, -0.2) is 47.4 Å². The Labute approximate surface area is 135 Å². The first-order valence-corrected chi connectivity index (χ1v) is 7.80. The quantitative estimate of drug-likeness (QED) is 0.857. The van der Waals surface area contributed by atoms with E-state index in [4.69, 9.17) is 5.11 Å². The molecule has 2 rings (SSSR count). The normalized spacial score (nSPS) is 15.3. The molecule has 0 aliphatic carbocycles. The molecule has 1 aromatic rings. The van der Waals surface area contributed by atoms with Gasteiger partial charge in [0.1, 0.15) is 0 Å². The van der Waals surface area contributed by atoms with E-state index in [9.17, 15) is 14.4 Å². The van der Waals surface area contributed by atoms with Crippen molar-refractivity contribution in [1.29, 1.82) is 0 Å². The molecular formula is C17H22N2O4. The van der Waals surface area contributed by atoms with Gasteiger partial charge in [-0.05, 0) is 30.4 Å². The lowest BCUT2D eigenvalue weighted by atomic mass is 9.96. The average Bonchev–Trinajstić information content (AvgIpc) is 2.53. The highest BCUT2D eigenvalue weighted by Crippen LogP contribution is 2.18. The van der Waals surface area contributed by atoms with Crippen molar-refractivity contribution in [2.45, 2.75) is 26.2 Å². The Morgan fingerprint density at radius 1 is 1.22 bits per heavy atom. The molecule has 6 heteroatoms. The first kappa shape index (κ1) is 17.0. The van der Waals surface area contributed by atoms with Gasteiger partial charge >= 0.3 is 5.97 Å². The number of carbonyl (C=O) groups excluding carboxylic acids is 2. The molecule has 23 heavy (non-hydrogen) atoms. The summed E-state index contributed by atoms with van der Waals surface area (Å²) < 4.78 is 0. The number of aromatic carboxylic acids is 1. The average molecular weight is 318 g/mol. The van der Waals surface area contributed by atoms with Crippen LogP contribution < -0.4 is 5.32 Å². The first-order valence-electron chi connectivity index (χ1n) is 7.80. The van der Waals surface area contributed by atoms with Crippen molar-refractivity contribution in [2.75, 3.05) is 19.6 Å². The van der Waals surface area contributed by atoms with Crippen molar-refractivity contribution < 1.29 is 19.5 Å². The van der Waals surface area contributed by atoms with Gasteiger partial charge in [0.15, 0.2) is 0 Å². The van der Waals surface area contributed by atoms with Gasteiger partial charge in [-0.15, -0.1) is 0 Å². The van der Waals surface area contributed by atoms with E-state index in [2.05, 4.69) is 5.32 Å². The summed E-state index contributed by atoms with van der Waals surface area (Å²) in [5.41, 5.74) is 0.728. The number of benzene rings is 1. The summed E-state index contributed by atoms with van der Waals surface area (Å²) in [4.78, 5) is 36.3. The van der Waals surface area contributed by atoms with Crippen LogP contribution in [0.1, 0.15) is 35.7 Å². The van der Waals surface area contributed by atoms with E-state index >= 15 is 0 Å². The number of likely N-dealkylation sites (tertiary alicyclic amines) is 1. The van der Waals surface area contributed by atoms with Crippen LogP contribution in [0.3, 0.4) is 0 Å². The van der Waals surface area contributed by atoms with Crippen LogP contribution >= 0.6 is 0 Å². The lowest BCUT2D eigenvalue weighted by Gasteiger charge is -2.32. The fraction of sp³-hybridized carbons (Fsp3) is 0.471. The molecule has 0 atom stereocenters. The molecule has 6 nitrogen and oxygen atoms in total. The van der Waals surface area contributed by atoms with E-state index in [0.717, 1.165) is 12.8 Å². The SMILES string of the molecule is CC(=O)NCC1CCN(C(=O)Cc2ccccc2C(=O)O)CC1. The topological polar surface area (TPSA) is 86.7 Å². The smallest absolute Gasteiger partial charge is 0.335 e. The number of nitrogens with one attached hydrogen (secondary N) is 1. The molecule has 0 saturated carbocycles. The van der Waals surface area contributed by atoms with Crippen molar-refractivity contribution in [3.63, 3.8) is 0 Å². The lowest BCUT2D eigenvalue weighted by molar-refractivity contribution is -0.132. The van der Waals surface area contributed by atoms with Gasteiger partial charge < -0.3 is 15.3 Å². The number of carboxylic acids is 1. The molecule has 1 aromatic carbocycles. The maximum absolute atomic E-state index is 12.4. The van der Waals surface area contributed by atoms with Gasteiger partial charge in [0.25, 0.3) is 0 Å². The van der Waals surface area contributed by atoms with Crippen molar-refractivity contribution in [3.8, 4) is 0 Å². The fourth-order valence-electron chi connectivity index (χ4n) is 2.83. The fourth-order valence-corrected chi connectivity index (χ4v) is 2.83. The summed E-state index contributed by atoms with van der Waals surface area (Å²) >= 11 is 0. The standard InChI is InChI=1S/C17H22N2O4/c1-12(20)18-11-13-6-8-19(9-7-13)16(21)10-14-4-2-3-5-15(14)17(22)23/h2-5,13H,6-11H2,1H3,(H,18,20)(H,22,23). The highest BCUT2D eigenvalue weighted by Gasteiger charge is 2.23. The minimum absolute atomic E-state index is 0.0335. The Morgan fingerprint density at radius 2 is 1.87 bits per heavy atom. The van der Waals surface area contributed by atoms with Gasteiger partial charge in [0, 0.05) is 26.6 Å². The molecule has 0 unspecified atom stereocenters. The maximum atomic E-state index is 12.4. The summed E-state index contributed by atoms with van der Waals surface area (Å²) in [6, 6.07) is 6.61. The van der Waals surface area contributed by atoms with Crippen LogP contribution in [0.5, 0.6) is 0 Å². The predicted molar refractivity (Wildman–Crippen MR) is 85.1 cm³/mol. The number of nitrogens with zero attached hydrogens (tertiary/aromatic N) is 1. The monoisotopic (exact) mass is 318 g/mol. The molecule has 0 spiro atoms. The van der Waals surface area contributed by atoms with Crippen molar-refractivity contribution in [2.24, 2.45) is 5.92 Å². The zero-order valence-electron chi connectivity index (χ0n) is 13.2. The Bertz CT molecular complexity index is 592. The van der Waals surface area contributed by atoms with Crippen molar-refractivity contribution in [1.82, 2.24) is 10.2 Å². The number of rotatable bonds is 5. The number of carboxylic acid groups (broad SMARTS) is 1. The molecule has 124 valence electrons. The number of piperidine rings is 1. The van der Waals surface area contributed by atoms with Crippen molar-refractivity contribution >= 4 is 17.8 Å². The molecule has 1 heterocycles. The summed E-state index contributed by atoms with van der Waals surface area (Å²) in [6.07, 6.45) is 1.82. The van der Waals surface area contributed by atoms with Crippen LogP contribution in [0.2, 0.25) is 0 Å². The highest BCUT2D eigenvalue weighted by molar-refractivity contribution is 5.91. The molecule has 1 fully saturated rings. The molecule has 0 radical (unpaired) electrons. The molecule has 1 aliphatic rings. The van der Waals surface area contributed by atoms with Crippen molar-refractivity contribution in [3.05, 3.63) is 35.4 Å². The van der Waals surface area contributed by atoms with E-state index in [0.29, 0.717) is 31.1 Å². The van der Waals surface area contributed by atoms with E-state index in [1.165, 1.54) is 13.0 Å². The summed E-state index contributed by atoms with van der Waals surface area (Å²) in [5, 5.41) is 12.0. The third kappa shape index (κ3) is 4.81. The van der Waals surface area contributed by atoms with Gasteiger partial charge in [0.2, 0.25) is 11.8 Å². The van der Waals surface area contributed by atoms with Gasteiger partial charge in [-0.1, -0.05) is 18.2 Å². The van der Waals surface area contributed by atoms with Crippen LogP contribution in [0.25, 0.3) is 0 Å². The number of carbonyl (C=O) groups is 3. The van der Waals surface area contributed by atoms with E-state index in [-0.39, 0.29) is 23.8 Å². The van der Waals surface area contributed by atoms with E-state index in [1.54, 1.807) is 23.1 Å². The zero-order chi connectivity index (χ0) is 16.8. The number of hydrogen-bond acceptors (Lipinski definition) is 3. The van der Waals surface area contributed by atoms with Gasteiger partial charge in [0.05, 0.1) is 12.0 Å². The highest BCUT2D eigenvalue weighted by atomic mass is 16.4. The zero-order valence-corrected chi connectivity index (χ0v) is 13.2. The predicted octanol–water partition coefficient (Wildman–Crippen LogP) is 1.30. The summed E-state index contributed by atoms with van der Waals surface area (Å²) in [5.74, 6) is -0.692. The summed E-state index contributed by atoms with van der Waals surface area (Å²) in [7, 11) is 0. The largest absolute Gasteiger partial charge is 0.478 e. The number of hydrogen-bond donors (Lipinski definition) is 2. The second-order valence-corrected chi connectivity index (χ2v) is 5.90. The molecule has 0 bridgehead atoms. The maximum Gasteiger partial charge on any atom is 0.335 e. The van der Waals surface area contributed by atoms with Gasteiger partial charge in [-0.25, -0.2) is 4.79 Å². The van der Waals surface area contributed by atoms with Crippen LogP contribution in [-0.2, 0) is 16.0 Å². The Morgan fingerprint density at radius 3 is 2.48 bits per heavy atom. The molecule has 1 saturated heterocycles. The molecule has 2 amide bonds. The van der Waals surface area contributed by atoms with E-state index < -0.39 is 5.97 Å². The van der Waals surface area contributed by atoms with Crippen LogP contribution in [0.4, 0.5) is 0 Å². The molecule has 2 N–H and O–H groups in total. The second kappa shape index (κ2) is 7.76. The molecule has 0 aromatic heterocycles. The second-order valence-electron chi connectivity index (χ2n) is 5.90. The van der Waals surface area contributed by atoms with Gasteiger partial charge in [-0.2, -0.15) is 0 Å².